The minimum absolute atomic E-state index is 0.498. The van der Waals surface area contributed by atoms with E-state index < -0.39 is 5.41 Å². The predicted molar refractivity (Wildman–Crippen MR) is 197 cm³/mol. The third-order valence-corrected chi connectivity index (χ3v) is 9.40. The van der Waals surface area contributed by atoms with Gasteiger partial charge < -0.3 is 4.90 Å². The Labute approximate surface area is 285 Å². The molecule has 1 aliphatic rings. The second-order valence-electron chi connectivity index (χ2n) is 12.1. The maximum Gasteiger partial charge on any atom is 0.182 e. The molecule has 5 heteroatoms. The zero-order chi connectivity index (χ0) is 32.6. The third kappa shape index (κ3) is 4.67. The van der Waals surface area contributed by atoms with Crippen LogP contribution in [-0.4, -0.2) is 19.7 Å². The van der Waals surface area contributed by atoms with Gasteiger partial charge in [0.05, 0.1) is 22.5 Å². The van der Waals surface area contributed by atoms with Gasteiger partial charge in [-0.3, -0.25) is 4.98 Å². The topological polar surface area (TPSA) is 46.8 Å². The van der Waals surface area contributed by atoms with E-state index in [-0.39, 0.29) is 0 Å². The van der Waals surface area contributed by atoms with Gasteiger partial charge in [0, 0.05) is 17.4 Å². The lowest BCUT2D eigenvalue weighted by Gasteiger charge is -2.46. The molecule has 1 aliphatic heterocycles. The van der Waals surface area contributed by atoms with Gasteiger partial charge >= 0.3 is 0 Å². The molecule has 232 valence electrons. The van der Waals surface area contributed by atoms with Gasteiger partial charge in [-0.2, -0.15) is 0 Å². The highest BCUT2D eigenvalue weighted by Gasteiger charge is 2.46. The summed E-state index contributed by atoms with van der Waals surface area (Å²) in [5.41, 5.74) is 10.4. The third-order valence-electron chi connectivity index (χ3n) is 9.40. The van der Waals surface area contributed by atoms with E-state index in [4.69, 9.17) is 10.1 Å². The van der Waals surface area contributed by atoms with Gasteiger partial charge in [-0.25, -0.2) is 9.67 Å². The van der Waals surface area contributed by atoms with Gasteiger partial charge in [-0.15, -0.1) is 5.10 Å². The summed E-state index contributed by atoms with van der Waals surface area (Å²) in [7, 11) is 0. The summed E-state index contributed by atoms with van der Waals surface area (Å²) < 4.78 is 1.87. The van der Waals surface area contributed by atoms with Gasteiger partial charge in [0.1, 0.15) is 5.69 Å². The van der Waals surface area contributed by atoms with Crippen molar-refractivity contribution in [1.82, 2.24) is 19.7 Å². The smallest absolute Gasteiger partial charge is 0.182 e. The normalized spacial score (nSPS) is 13.0. The molecular formula is C44H31N5. The van der Waals surface area contributed by atoms with Crippen molar-refractivity contribution in [2.75, 3.05) is 4.90 Å². The van der Waals surface area contributed by atoms with Crippen LogP contribution in [0.1, 0.15) is 22.3 Å². The van der Waals surface area contributed by atoms with Crippen LogP contribution in [-0.2, 0) is 5.41 Å². The highest BCUT2D eigenvalue weighted by Crippen LogP contribution is 2.57. The van der Waals surface area contributed by atoms with Crippen LogP contribution >= 0.6 is 0 Å². The molecule has 0 N–H and O–H groups in total. The number of hydrogen-bond acceptors (Lipinski definition) is 4. The minimum Gasteiger partial charge on any atom is -0.310 e. The van der Waals surface area contributed by atoms with Crippen LogP contribution in [0.4, 0.5) is 17.1 Å². The lowest BCUT2D eigenvalue weighted by molar-refractivity contribution is 0.731. The van der Waals surface area contributed by atoms with Crippen LogP contribution in [0, 0.1) is 0 Å². The van der Waals surface area contributed by atoms with Crippen molar-refractivity contribution in [3.05, 3.63) is 210 Å². The second kappa shape index (κ2) is 11.9. The van der Waals surface area contributed by atoms with Crippen LogP contribution < -0.4 is 4.90 Å². The van der Waals surface area contributed by atoms with E-state index in [1.807, 2.05) is 53.2 Å². The number of pyridine rings is 1. The molecule has 0 fully saturated rings. The monoisotopic (exact) mass is 629 g/mol. The number of aromatic nitrogens is 4. The fraction of sp³-hybridized carbons (Fsp3) is 0.0227. The van der Waals surface area contributed by atoms with E-state index in [1.54, 1.807) is 6.20 Å². The summed E-state index contributed by atoms with van der Waals surface area (Å²) in [6.45, 7) is 0. The molecule has 6 aromatic carbocycles. The molecule has 5 nitrogen and oxygen atoms in total. The van der Waals surface area contributed by atoms with Gasteiger partial charge in [0.15, 0.2) is 11.6 Å². The lowest BCUT2D eigenvalue weighted by Crippen LogP contribution is -2.37. The van der Waals surface area contributed by atoms with E-state index in [1.165, 1.54) is 22.3 Å². The Balaban J connectivity index is 1.19. The summed E-state index contributed by atoms with van der Waals surface area (Å²) in [6.07, 6.45) is 1.78. The van der Waals surface area contributed by atoms with Gasteiger partial charge in [0.25, 0.3) is 0 Å². The van der Waals surface area contributed by atoms with E-state index in [0.717, 1.165) is 34.0 Å². The highest BCUT2D eigenvalue weighted by atomic mass is 15.4. The Morgan fingerprint density at radius 2 is 0.980 bits per heavy atom. The van der Waals surface area contributed by atoms with Crippen molar-refractivity contribution in [2.45, 2.75) is 5.41 Å². The first kappa shape index (κ1) is 28.6. The highest BCUT2D eigenvalue weighted by molar-refractivity contribution is 5.89. The summed E-state index contributed by atoms with van der Waals surface area (Å²) in [6, 6.07) is 63.9. The molecule has 0 spiro atoms. The molecule has 0 amide bonds. The van der Waals surface area contributed by atoms with Gasteiger partial charge in [0.2, 0.25) is 0 Å². The Kier molecular flexibility index (Phi) is 6.95. The molecule has 8 aromatic rings. The van der Waals surface area contributed by atoms with E-state index in [2.05, 4.69) is 143 Å². The fourth-order valence-corrected chi connectivity index (χ4v) is 7.29. The van der Waals surface area contributed by atoms with E-state index >= 15 is 0 Å². The van der Waals surface area contributed by atoms with Gasteiger partial charge in [-0.1, -0.05) is 121 Å². The Morgan fingerprint density at radius 1 is 0.449 bits per heavy atom. The lowest BCUT2D eigenvalue weighted by atomic mass is 9.62. The molecule has 0 bridgehead atoms. The standard InChI is InChI=1S/C44H31N5/c1-4-16-33(17-5-1)44(34-18-6-2-7-19-34)37-22-10-12-25-40(37)48(41-26-13-11-23-38(41)44)35-29-27-32(28-30-35)42-46-43(39-24-14-15-31-45-39)49(47-42)36-20-8-3-9-21-36/h1-31H. The minimum atomic E-state index is -0.498. The summed E-state index contributed by atoms with van der Waals surface area (Å²) >= 11 is 0. The molecular weight excluding hydrogens is 599 g/mol. The van der Waals surface area contributed by atoms with E-state index in [9.17, 15) is 0 Å². The summed E-state index contributed by atoms with van der Waals surface area (Å²) in [4.78, 5) is 12.0. The van der Waals surface area contributed by atoms with E-state index in [0.29, 0.717) is 11.6 Å². The molecule has 0 saturated heterocycles. The molecule has 49 heavy (non-hydrogen) atoms. The average molecular weight is 630 g/mol. The van der Waals surface area contributed by atoms with Crippen molar-refractivity contribution >= 4 is 17.1 Å². The van der Waals surface area contributed by atoms with Crippen molar-refractivity contribution in [3.63, 3.8) is 0 Å². The largest absolute Gasteiger partial charge is 0.310 e. The fourth-order valence-electron chi connectivity index (χ4n) is 7.29. The molecule has 0 atom stereocenters. The Morgan fingerprint density at radius 3 is 1.55 bits per heavy atom. The number of fused-ring (bicyclic) bond motifs is 2. The molecule has 2 aromatic heterocycles. The van der Waals surface area contributed by atoms with Crippen LogP contribution in [0.5, 0.6) is 0 Å². The quantitative estimate of drug-likeness (QED) is 0.184. The first-order valence-corrected chi connectivity index (χ1v) is 16.5. The number of hydrogen-bond donors (Lipinski definition) is 0. The predicted octanol–water partition coefficient (Wildman–Crippen LogP) is 10.2. The van der Waals surface area contributed by atoms with Crippen molar-refractivity contribution in [2.24, 2.45) is 0 Å². The summed E-state index contributed by atoms with van der Waals surface area (Å²) in [5.74, 6) is 1.34. The maximum absolute atomic E-state index is 5.00. The number of anilines is 3. The van der Waals surface area contributed by atoms with Crippen LogP contribution in [0.15, 0.2) is 188 Å². The summed E-state index contributed by atoms with van der Waals surface area (Å²) in [5, 5.41) is 4.98. The molecule has 0 unspecified atom stereocenters. The van der Waals surface area contributed by atoms with Crippen molar-refractivity contribution < 1.29 is 0 Å². The van der Waals surface area contributed by atoms with Crippen molar-refractivity contribution in [1.29, 1.82) is 0 Å². The number of para-hydroxylation sites is 3. The maximum atomic E-state index is 5.00. The van der Waals surface area contributed by atoms with Gasteiger partial charge in [-0.05, 0) is 82.9 Å². The first-order chi connectivity index (χ1) is 24.3. The Bertz CT molecular complexity index is 2220. The number of rotatable bonds is 6. The Hall–Kier alpha value is -6.59. The van der Waals surface area contributed by atoms with Crippen LogP contribution in [0.3, 0.4) is 0 Å². The second-order valence-corrected chi connectivity index (χ2v) is 12.1. The van der Waals surface area contributed by atoms with Crippen molar-refractivity contribution in [3.8, 4) is 28.6 Å². The molecule has 0 saturated carbocycles. The van der Waals surface area contributed by atoms with Crippen LogP contribution in [0.25, 0.3) is 28.6 Å². The number of nitrogens with zero attached hydrogens (tertiary/aromatic N) is 5. The molecule has 3 heterocycles. The SMILES string of the molecule is c1ccc(-n2nc(-c3ccc(N4c5ccccc5C(c5ccccc5)(c5ccccc5)c5ccccc54)cc3)nc2-c2ccccn2)cc1. The zero-order valence-corrected chi connectivity index (χ0v) is 26.6. The molecule has 9 rings (SSSR count). The van der Waals surface area contributed by atoms with Crippen LogP contribution in [0.2, 0.25) is 0 Å². The zero-order valence-electron chi connectivity index (χ0n) is 26.6. The first-order valence-electron chi connectivity index (χ1n) is 16.5. The molecule has 0 aliphatic carbocycles. The molecule has 0 radical (unpaired) electrons. The number of benzene rings is 6. The average Bonchev–Trinajstić information content (AvgIpc) is 3.64.